The topological polar surface area (TPSA) is 98.3 Å². The van der Waals surface area contributed by atoms with Crippen LogP contribution in [0.5, 0.6) is 0 Å². The fraction of sp³-hybridized carbons (Fsp3) is 0.364. The molecule has 0 aliphatic carbocycles. The van der Waals surface area contributed by atoms with Gasteiger partial charge in [-0.2, -0.15) is 0 Å². The third-order valence-electron chi connectivity index (χ3n) is 2.32. The number of nitrogens with zero attached hydrogens (tertiary/aromatic N) is 1. The van der Waals surface area contributed by atoms with Gasteiger partial charge in [0.05, 0.1) is 4.92 Å². The summed E-state index contributed by atoms with van der Waals surface area (Å²) in [5.41, 5.74) is 5.04. The zero-order valence-corrected chi connectivity index (χ0v) is 11.7. The Labute approximate surface area is 121 Å². The second-order valence-electron chi connectivity index (χ2n) is 3.67. The summed E-state index contributed by atoms with van der Waals surface area (Å²) in [6.07, 6.45) is 1.53. The Morgan fingerprint density at radius 3 is 2.68 bits per heavy atom. The van der Waals surface area contributed by atoms with Crippen LogP contribution in [0.2, 0.25) is 5.02 Å². The minimum absolute atomic E-state index is 0. The van der Waals surface area contributed by atoms with Crippen molar-refractivity contribution in [2.75, 3.05) is 13.1 Å². The normalized spacial score (nSPS) is 9.58. The minimum Gasteiger partial charge on any atom is -0.352 e. The lowest BCUT2D eigenvalue weighted by Gasteiger charge is -2.05. The number of hydrogen-bond donors (Lipinski definition) is 2. The molecule has 0 saturated heterocycles. The summed E-state index contributed by atoms with van der Waals surface area (Å²) in [6, 6.07) is 3.96. The summed E-state index contributed by atoms with van der Waals surface area (Å²) in [4.78, 5) is 21.9. The lowest BCUT2D eigenvalue weighted by molar-refractivity contribution is -0.385. The van der Waals surface area contributed by atoms with Crippen LogP contribution < -0.4 is 11.1 Å². The van der Waals surface area contributed by atoms with Crippen LogP contribution in [0, 0.1) is 10.1 Å². The molecule has 0 aliphatic rings. The van der Waals surface area contributed by atoms with E-state index in [1.807, 2.05) is 0 Å². The van der Waals surface area contributed by atoms with Crippen LogP contribution in [-0.2, 0) is 0 Å². The monoisotopic (exact) mass is 307 g/mol. The van der Waals surface area contributed by atoms with Crippen molar-refractivity contribution >= 4 is 35.6 Å². The predicted octanol–water partition coefficient (Wildman–Crippen LogP) is 2.14. The lowest BCUT2D eigenvalue weighted by atomic mass is 10.1. The fourth-order valence-electron chi connectivity index (χ4n) is 1.41. The first-order chi connectivity index (χ1) is 8.56. The van der Waals surface area contributed by atoms with E-state index < -0.39 is 10.8 Å². The second kappa shape index (κ2) is 8.68. The molecule has 0 heterocycles. The van der Waals surface area contributed by atoms with Crippen molar-refractivity contribution in [3.63, 3.8) is 0 Å². The van der Waals surface area contributed by atoms with Crippen molar-refractivity contribution in [2.45, 2.75) is 12.8 Å². The van der Waals surface area contributed by atoms with Crippen molar-refractivity contribution in [1.82, 2.24) is 5.32 Å². The van der Waals surface area contributed by atoms with Crippen molar-refractivity contribution in [1.29, 1.82) is 0 Å². The smallest absolute Gasteiger partial charge is 0.283 e. The third-order valence-corrected chi connectivity index (χ3v) is 2.55. The molecule has 106 valence electrons. The van der Waals surface area contributed by atoms with E-state index in [0.717, 1.165) is 18.9 Å². The van der Waals surface area contributed by atoms with Gasteiger partial charge in [-0.15, -0.1) is 12.4 Å². The van der Waals surface area contributed by atoms with Crippen molar-refractivity contribution in [3.8, 4) is 0 Å². The molecule has 3 N–H and O–H groups in total. The van der Waals surface area contributed by atoms with Gasteiger partial charge >= 0.3 is 0 Å². The van der Waals surface area contributed by atoms with Gasteiger partial charge in [-0.25, -0.2) is 0 Å². The standard InChI is InChI=1S/C11H14ClN3O3.ClH/c12-8-3-4-9(10(7-8)15(17)18)11(16)14-6-2-1-5-13;/h3-4,7H,1-2,5-6,13H2,(H,14,16);1H. The Morgan fingerprint density at radius 1 is 1.42 bits per heavy atom. The Hall–Kier alpha value is -1.37. The maximum absolute atomic E-state index is 11.8. The van der Waals surface area contributed by atoms with E-state index in [-0.39, 0.29) is 28.7 Å². The van der Waals surface area contributed by atoms with Gasteiger partial charge in [0.2, 0.25) is 0 Å². The Morgan fingerprint density at radius 2 is 2.11 bits per heavy atom. The number of halogens is 2. The first-order valence-electron chi connectivity index (χ1n) is 5.48. The number of carbonyl (C=O) groups is 1. The molecule has 1 aromatic carbocycles. The summed E-state index contributed by atoms with van der Waals surface area (Å²) in [6.45, 7) is 0.993. The van der Waals surface area contributed by atoms with E-state index in [0.29, 0.717) is 13.1 Å². The van der Waals surface area contributed by atoms with Gasteiger partial charge in [-0.1, -0.05) is 11.6 Å². The Bertz CT molecular complexity index is 455. The molecule has 1 amide bonds. The lowest BCUT2D eigenvalue weighted by Crippen LogP contribution is -2.25. The summed E-state index contributed by atoms with van der Waals surface area (Å²) < 4.78 is 0. The first kappa shape index (κ1) is 17.6. The molecule has 19 heavy (non-hydrogen) atoms. The van der Waals surface area contributed by atoms with Gasteiger partial charge in [0.15, 0.2) is 0 Å². The average Bonchev–Trinajstić information content (AvgIpc) is 2.34. The number of nitrogens with one attached hydrogen (secondary N) is 1. The van der Waals surface area contributed by atoms with Crippen LogP contribution in [0.4, 0.5) is 5.69 Å². The van der Waals surface area contributed by atoms with E-state index in [2.05, 4.69) is 5.32 Å². The highest BCUT2D eigenvalue weighted by molar-refractivity contribution is 6.31. The molecule has 0 fully saturated rings. The summed E-state index contributed by atoms with van der Waals surface area (Å²) in [5, 5.41) is 13.6. The highest BCUT2D eigenvalue weighted by Crippen LogP contribution is 2.22. The largest absolute Gasteiger partial charge is 0.352 e. The Balaban J connectivity index is 0.00000324. The molecule has 0 radical (unpaired) electrons. The maximum atomic E-state index is 11.8. The number of nitrogens with two attached hydrogens (primary N) is 1. The van der Waals surface area contributed by atoms with E-state index in [9.17, 15) is 14.9 Å². The fourth-order valence-corrected chi connectivity index (χ4v) is 1.58. The van der Waals surface area contributed by atoms with Crippen LogP contribution in [0.1, 0.15) is 23.2 Å². The minimum atomic E-state index is -0.624. The van der Waals surface area contributed by atoms with Crippen LogP contribution in [-0.4, -0.2) is 23.9 Å². The SMILES string of the molecule is Cl.NCCCCNC(=O)c1ccc(Cl)cc1[N+](=O)[O-]. The average molecular weight is 308 g/mol. The molecule has 6 nitrogen and oxygen atoms in total. The van der Waals surface area contributed by atoms with Gasteiger partial charge in [0.1, 0.15) is 5.56 Å². The zero-order valence-electron chi connectivity index (χ0n) is 10.1. The second-order valence-corrected chi connectivity index (χ2v) is 4.11. The van der Waals surface area contributed by atoms with Gasteiger partial charge in [-0.3, -0.25) is 14.9 Å². The van der Waals surface area contributed by atoms with Crippen LogP contribution in [0.15, 0.2) is 18.2 Å². The van der Waals surface area contributed by atoms with Gasteiger partial charge in [0.25, 0.3) is 11.6 Å². The van der Waals surface area contributed by atoms with Gasteiger partial charge < -0.3 is 11.1 Å². The van der Waals surface area contributed by atoms with Gasteiger partial charge in [-0.05, 0) is 31.5 Å². The van der Waals surface area contributed by atoms with E-state index in [4.69, 9.17) is 17.3 Å². The summed E-state index contributed by atoms with van der Waals surface area (Å²) in [5.74, 6) is -0.476. The van der Waals surface area contributed by atoms with Crippen molar-refractivity contribution in [2.24, 2.45) is 5.73 Å². The predicted molar refractivity (Wildman–Crippen MR) is 76.0 cm³/mol. The van der Waals surface area contributed by atoms with Crippen molar-refractivity contribution < 1.29 is 9.72 Å². The number of nitro groups is 1. The number of benzene rings is 1. The van der Waals surface area contributed by atoms with E-state index in [1.54, 1.807) is 0 Å². The highest BCUT2D eigenvalue weighted by Gasteiger charge is 2.19. The van der Waals surface area contributed by atoms with Crippen LogP contribution >= 0.6 is 24.0 Å². The van der Waals surface area contributed by atoms with E-state index in [1.165, 1.54) is 12.1 Å². The number of amides is 1. The molecule has 0 unspecified atom stereocenters. The summed E-state index contributed by atoms with van der Waals surface area (Å²) >= 11 is 5.66. The molecule has 0 aliphatic heterocycles. The molecule has 0 atom stereocenters. The van der Waals surface area contributed by atoms with Crippen LogP contribution in [0.25, 0.3) is 0 Å². The first-order valence-corrected chi connectivity index (χ1v) is 5.86. The molecule has 0 spiro atoms. The summed E-state index contributed by atoms with van der Waals surface area (Å²) in [7, 11) is 0. The van der Waals surface area contributed by atoms with Gasteiger partial charge in [0, 0.05) is 17.6 Å². The van der Waals surface area contributed by atoms with Crippen molar-refractivity contribution in [3.05, 3.63) is 38.9 Å². The van der Waals surface area contributed by atoms with E-state index >= 15 is 0 Å². The maximum Gasteiger partial charge on any atom is 0.283 e. The molecule has 1 rings (SSSR count). The molecule has 0 aromatic heterocycles. The Kier molecular flexibility index (Phi) is 8.06. The molecule has 0 bridgehead atoms. The highest BCUT2D eigenvalue weighted by atomic mass is 35.5. The number of unbranched alkanes of at least 4 members (excludes halogenated alkanes) is 1. The quantitative estimate of drug-likeness (QED) is 0.478. The third kappa shape index (κ3) is 5.42. The molecular weight excluding hydrogens is 293 g/mol. The number of hydrogen-bond acceptors (Lipinski definition) is 4. The zero-order chi connectivity index (χ0) is 13.5. The van der Waals surface area contributed by atoms with Crippen LogP contribution in [0.3, 0.4) is 0 Å². The number of rotatable bonds is 6. The molecular formula is C11H15Cl2N3O3. The molecule has 0 saturated carbocycles. The number of nitro benzene ring substituents is 1. The number of carbonyl (C=O) groups excluding carboxylic acids is 1. The molecule has 1 aromatic rings. The molecule has 8 heteroatoms.